The SMILES string of the molecule is O=[N+]([O-])c1ccc2c(c1)C(O)N(CC1CCNCC1)C2. The Morgan fingerprint density at radius 3 is 2.85 bits per heavy atom. The number of aliphatic hydroxyl groups is 1. The molecule has 1 saturated heterocycles. The van der Waals surface area contributed by atoms with E-state index in [-0.39, 0.29) is 5.69 Å². The second-order valence-corrected chi connectivity index (χ2v) is 5.64. The zero-order valence-corrected chi connectivity index (χ0v) is 11.3. The van der Waals surface area contributed by atoms with Gasteiger partial charge in [0.05, 0.1) is 4.92 Å². The molecule has 0 amide bonds. The van der Waals surface area contributed by atoms with E-state index in [9.17, 15) is 15.2 Å². The Morgan fingerprint density at radius 1 is 1.40 bits per heavy atom. The number of nitro benzene ring substituents is 1. The molecule has 0 aliphatic carbocycles. The first kappa shape index (κ1) is 13.5. The average Bonchev–Trinajstić information content (AvgIpc) is 2.76. The number of nitrogens with zero attached hydrogens (tertiary/aromatic N) is 2. The van der Waals surface area contributed by atoms with E-state index >= 15 is 0 Å². The molecule has 2 N–H and O–H groups in total. The maximum Gasteiger partial charge on any atom is 0.269 e. The zero-order chi connectivity index (χ0) is 14.1. The van der Waals surface area contributed by atoms with Crippen LogP contribution in [0.4, 0.5) is 5.69 Å². The monoisotopic (exact) mass is 277 g/mol. The Kier molecular flexibility index (Phi) is 3.69. The van der Waals surface area contributed by atoms with Crippen LogP contribution in [-0.2, 0) is 6.54 Å². The van der Waals surface area contributed by atoms with Crippen LogP contribution in [0.3, 0.4) is 0 Å². The molecule has 0 saturated carbocycles. The first-order valence-corrected chi connectivity index (χ1v) is 7.05. The van der Waals surface area contributed by atoms with Crippen molar-refractivity contribution in [3.63, 3.8) is 0 Å². The number of non-ortho nitro benzene ring substituents is 1. The van der Waals surface area contributed by atoms with Crippen molar-refractivity contribution in [3.8, 4) is 0 Å². The number of piperidine rings is 1. The van der Waals surface area contributed by atoms with E-state index in [0.717, 1.165) is 38.0 Å². The number of benzene rings is 1. The van der Waals surface area contributed by atoms with Gasteiger partial charge in [-0.25, -0.2) is 0 Å². The summed E-state index contributed by atoms with van der Waals surface area (Å²) in [5.74, 6) is 0.593. The van der Waals surface area contributed by atoms with E-state index in [0.29, 0.717) is 18.0 Å². The second kappa shape index (κ2) is 5.47. The highest BCUT2D eigenvalue weighted by molar-refractivity contribution is 5.42. The summed E-state index contributed by atoms with van der Waals surface area (Å²) in [7, 11) is 0. The van der Waals surface area contributed by atoms with Crippen molar-refractivity contribution < 1.29 is 10.0 Å². The molecule has 0 radical (unpaired) electrons. The highest BCUT2D eigenvalue weighted by Gasteiger charge is 2.31. The topological polar surface area (TPSA) is 78.6 Å². The Balaban J connectivity index is 1.73. The van der Waals surface area contributed by atoms with E-state index in [4.69, 9.17) is 0 Å². The van der Waals surface area contributed by atoms with Gasteiger partial charge in [0.25, 0.3) is 5.69 Å². The van der Waals surface area contributed by atoms with Gasteiger partial charge in [0.15, 0.2) is 0 Å². The molecule has 1 aromatic rings. The number of aliphatic hydroxyl groups excluding tert-OH is 1. The third-order valence-corrected chi connectivity index (χ3v) is 4.29. The Hall–Kier alpha value is -1.50. The van der Waals surface area contributed by atoms with Crippen LogP contribution in [0, 0.1) is 16.0 Å². The van der Waals surface area contributed by atoms with Crippen molar-refractivity contribution >= 4 is 5.69 Å². The Morgan fingerprint density at radius 2 is 2.15 bits per heavy atom. The lowest BCUT2D eigenvalue weighted by Gasteiger charge is -2.29. The summed E-state index contributed by atoms with van der Waals surface area (Å²) in [6.07, 6.45) is 1.54. The summed E-state index contributed by atoms with van der Waals surface area (Å²) in [6, 6.07) is 4.78. The maximum atomic E-state index is 10.8. The first-order chi connectivity index (χ1) is 9.65. The smallest absolute Gasteiger partial charge is 0.269 e. The molecule has 1 unspecified atom stereocenters. The maximum absolute atomic E-state index is 10.8. The molecule has 0 spiro atoms. The van der Waals surface area contributed by atoms with Gasteiger partial charge >= 0.3 is 0 Å². The lowest BCUT2D eigenvalue weighted by atomic mass is 9.97. The van der Waals surface area contributed by atoms with Crippen molar-refractivity contribution in [1.82, 2.24) is 10.2 Å². The number of fused-ring (bicyclic) bond motifs is 1. The highest BCUT2D eigenvalue weighted by atomic mass is 16.6. The fraction of sp³-hybridized carbons (Fsp3) is 0.571. The molecule has 2 aliphatic rings. The molecule has 1 atom stereocenters. The van der Waals surface area contributed by atoms with Gasteiger partial charge in [-0.05, 0) is 37.4 Å². The van der Waals surface area contributed by atoms with Crippen molar-refractivity contribution in [2.75, 3.05) is 19.6 Å². The highest BCUT2D eigenvalue weighted by Crippen LogP contribution is 2.35. The normalized spacial score (nSPS) is 23.8. The van der Waals surface area contributed by atoms with Crippen molar-refractivity contribution in [1.29, 1.82) is 0 Å². The molecular formula is C14H19N3O3. The van der Waals surface area contributed by atoms with Gasteiger partial charge in [0, 0.05) is 30.8 Å². The summed E-state index contributed by atoms with van der Waals surface area (Å²) in [5.41, 5.74) is 1.73. The van der Waals surface area contributed by atoms with Gasteiger partial charge in [-0.2, -0.15) is 0 Å². The lowest BCUT2D eigenvalue weighted by Crippen LogP contribution is -2.35. The van der Waals surface area contributed by atoms with Crippen molar-refractivity contribution in [3.05, 3.63) is 39.4 Å². The van der Waals surface area contributed by atoms with Crippen LogP contribution in [0.1, 0.15) is 30.2 Å². The number of rotatable bonds is 3. The second-order valence-electron chi connectivity index (χ2n) is 5.64. The predicted octanol–water partition coefficient (Wildman–Crippen LogP) is 1.40. The summed E-state index contributed by atoms with van der Waals surface area (Å²) >= 11 is 0. The number of nitrogens with one attached hydrogen (secondary N) is 1. The zero-order valence-electron chi connectivity index (χ0n) is 11.3. The Labute approximate surface area is 117 Å². The van der Waals surface area contributed by atoms with Gasteiger partial charge in [0.1, 0.15) is 6.23 Å². The minimum Gasteiger partial charge on any atom is -0.374 e. The van der Waals surface area contributed by atoms with Gasteiger partial charge < -0.3 is 10.4 Å². The van der Waals surface area contributed by atoms with Gasteiger partial charge in [-0.1, -0.05) is 6.07 Å². The van der Waals surface area contributed by atoms with Crippen LogP contribution >= 0.6 is 0 Å². The molecule has 20 heavy (non-hydrogen) atoms. The molecule has 3 rings (SSSR count). The number of hydrogen-bond acceptors (Lipinski definition) is 5. The van der Waals surface area contributed by atoms with Crippen LogP contribution < -0.4 is 5.32 Å². The molecule has 6 heteroatoms. The van der Waals surface area contributed by atoms with Crippen LogP contribution in [0.15, 0.2) is 18.2 Å². The molecule has 0 aromatic heterocycles. The molecule has 0 bridgehead atoms. The summed E-state index contributed by atoms with van der Waals surface area (Å²) in [4.78, 5) is 12.4. The van der Waals surface area contributed by atoms with E-state index < -0.39 is 11.2 Å². The third kappa shape index (κ3) is 2.54. The van der Waals surface area contributed by atoms with Crippen LogP contribution in [0.5, 0.6) is 0 Å². The summed E-state index contributed by atoms with van der Waals surface area (Å²) in [6.45, 7) is 3.60. The minimum atomic E-state index is -0.709. The molecule has 6 nitrogen and oxygen atoms in total. The minimum absolute atomic E-state index is 0.0477. The fourth-order valence-electron chi connectivity index (χ4n) is 3.14. The number of hydrogen-bond donors (Lipinski definition) is 2. The standard InChI is InChI=1S/C14H19N3O3/c18-14-13-7-12(17(19)20)2-1-11(13)9-16(14)8-10-3-5-15-6-4-10/h1-2,7,10,14-15,18H,3-6,8-9H2. The van der Waals surface area contributed by atoms with E-state index in [2.05, 4.69) is 5.32 Å². The van der Waals surface area contributed by atoms with Crippen molar-refractivity contribution in [2.45, 2.75) is 25.6 Å². The molecule has 2 aliphatic heterocycles. The quantitative estimate of drug-likeness (QED) is 0.645. The van der Waals surface area contributed by atoms with Gasteiger partial charge in [-0.3, -0.25) is 15.0 Å². The first-order valence-electron chi connectivity index (χ1n) is 7.05. The molecular weight excluding hydrogens is 258 g/mol. The average molecular weight is 277 g/mol. The largest absolute Gasteiger partial charge is 0.374 e. The third-order valence-electron chi connectivity index (χ3n) is 4.29. The van der Waals surface area contributed by atoms with Gasteiger partial charge in [-0.15, -0.1) is 0 Å². The predicted molar refractivity (Wildman–Crippen MR) is 74.1 cm³/mol. The van der Waals surface area contributed by atoms with E-state index in [1.807, 2.05) is 4.90 Å². The van der Waals surface area contributed by atoms with E-state index in [1.54, 1.807) is 6.07 Å². The fourth-order valence-corrected chi connectivity index (χ4v) is 3.14. The molecule has 108 valence electrons. The molecule has 2 heterocycles. The van der Waals surface area contributed by atoms with Crippen LogP contribution in [-0.4, -0.2) is 34.6 Å². The Bertz CT molecular complexity index is 514. The van der Waals surface area contributed by atoms with Crippen molar-refractivity contribution in [2.24, 2.45) is 5.92 Å². The summed E-state index contributed by atoms with van der Waals surface area (Å²) < 4.78 is 0. The van der Waals surface area contributed by atoms with Gasteiger partial charge in [0.2, 0.25) is 0 Å². The lowest BCUT2D eigenvalue weighted by molar-refractivity contribution is -0.385. The number of nitro groups is 1. The van der Waals surface area contributed by atoms with Crippen LogP contribution in [0.25, 0.3) is 0 Å². The van der Waals surface area contributed by atoms with Crippen LogP contribution in [0.2, 0.25) is 0 Å². The van der Waals surface area contributed by atoms with E-state index in [1.165, 1.54) is 12.1 Å². The molecule has 1 fully saturated rings. The summed E-state index contributed by atoms with van der Waals surface area (Å²) in [5, 5.41) is 24.5. The molecule has 1 aromatic carbocycles.